The standard InChI is InChI=1S/C5H5N3OS/c6-5-8-4-2(10-5)1-3(9)7-4/h1,7,9H,(H2,6,8). The third kappa shape index (κ3) is 0.640. The maximum atomic E-state index is 8.91. The van der Waals surface area contributed by atoms with Crippen LogP contribution < -0.4 is 5.73 Å². The van der Waals surface area contributed by atoms with Crippen LogP contribution in [0.1, 0.15) is 0 Å². The molecule has 2 aromatic rings. The van der Waals surface area contributed by atoms with Crippen molar-refractivity contribution in [1.82, 2.24) is 9.97 Å². The fraction of sp³-hybridized carbons (Fsp3) is 0. The van der Waals surface area contributed by atoms with Gasteiger partial charge >= 0.3 is 0 Å². The van der Waals surface area contributed by atoms with E-state index in [2.05, 4.69) is 9.97 Å². The van der Waals surface area contributed by atoms with Crippen molar-refractivity contribution in [3.8, 4) is 5.88 Å². The number of anilines is 1. The Hall–Kier alpha value is -1.23. The second kappa shape index (κ2) is 1.63. The smallest absolute Gasteiger partial charge is 0.191 e. The molecule has 2 heterocycles. The van der Waals surface area contributed by atoms with Gasteiger partial charge in [-0.2, -0.15) is 0 Å². The number of aromatic hydroxyl groups is 1. The molecule has 0 aliphatic heterocycles. The maximum absolute atomic E-state index is 8.91. The Bertz CT molecular complexity index is 301. The number of nitrogen functional groups attached to an aromatic ring is 1. The zero-order valence-corrected chi connectivity index (χ0v) is 5.77. The van der Waals surface area contributed by atoms with E-state index in [-0.39, 0.29) is 5.88 Å². The predicted octanol–water partition coefficient (Wildman–Crippen LogP) is 0.912. The van der Waals surface area contributed by atoms with E-state index in [0.717, 1.165) is 4.70 Å². The molecular formula is C5H5N3OS. The average Bonchev–Trinajstić information content (AvgIpc) is 2.21. The summed E-state index contributed by atoms with van der Waals surface area (Å²) >= 11 is 1.35. The molecule has 2 aromatic heterocycles. The number of nitrogens with two attached hydrogens (primary N) is 1. The minimum absolute atomic E-state index is 0.133. The minimum Gasteiger partial charge on any atom is -0.495 e. The molecule has 10 heavy (non-hydrogen) atoms. The number of hydrogen-bond donors (Lipinski definition) is 3. The molecule has 0 atom stereocenters. The molecule has 0 amide bonds. The van der Waals surface area contributed by atoms with Crippen molar-refractivity contribution < 1.29 is 5.11 Å². The van der Waals surface area contributed by atoms with Crippen molar-refractivity contribution in [2.24, 2.45) is 0 Å². The van der Waals surface area contributed by atoms with Gasteiger partial charge in [0.15, 0.2) is 16.7 Å². The zero-order chi connectivity index (χ0) is 7.14. The number of thiazole rings is 1. The summed E-state index contributed by atoms with van der Waals surface area (Å²) in [5.74, 6) is 0.133. The summed E-state index contributed by atoms with van der Waals surface area (Å²) in [7, 11) is 0. The van der Waals surface area contributed by atoms with E-state index in [0.29, 0.717) is 10.8 Å². The molecule has 4 nitrogen and oxygen atoms in total. The monoisotopic (exact) mass is 155 g/mol. The first-order chi connectivity index (χ1) is 4.75. The number of rotatable bonds is 0. The Morgan fingerprint density at radius 2 is 2.50 bits per heavy atom. The summed E-state index contributed by atoms with van der Waals surface area (Å²) in [6, 6.07) is 1.60. The van der Waals surface area contributed by atoms with Crippen molar-refractivity contribution in [1.29, 1.82) is 0 Å². The first-order valence-corrected chi connectivity index (χ1v) is 3.51. The number of H-pyrrole nitrogens is 1. The number of aromatic amines is 1. The molecule has 0 spiro atoms. The van der Waals surface area contributed by atoms with Crippen LogP contribution in [0.5, 0.6) is 5.88 Å². The van der Waals surface area contributed by atoms with E-state index in [1.54, 1.807) is 6.07 Å². The fourth-order valence-corrected chi connectivity index (χ4v) is 1.54. The number of fused-ring (bicyclic) bond motifs is 1. The molecule has 0 radical (unpaired) electrons. The highest BCUT2D eigenvalue weighted by Gasteiger charge is 2.03. The Morgan fingerprint density at radius 3 is 3.20 bits per heavy atom. The molecule has 0 saturated carbocycles. The van der Waals surface area contributed by atoms with Crippen LogP contribution in [0.4, 0.5) is 5.13 Å². The molecular weight excluding hydrogens is 150 g/mol. The molecule has 0 unspecified atom stereocenters. The summed E-state index contributed by atoms with van der Waals surface area (Å²) in [6.07, 6.45) is 0. The predicted molar refractivity (Wildman–Crippen MR) is 40.0 cm³/mol. The van der Waals surface area contributed by atoms with E-state index in [4.69, 9.17) is 10.8 Å². The quantitative estimate of drug-likeness (QED) is 0.529. The summed E-state index contributed by atoms with van der Waals surface area (Å²) in [4.78, 5) is 6.57. The Kier molecular flexibility index (Phi) is 0.906. The van der Waals surface area contributed by atoms with Crippen LogP contribution in [-0.4, -0.2) is 15.1 Å². The van der Waals surface area contributed by atoms with E-state index in [9.17, 15) is 0 Å². The summed E-state index contributed by atoms with van der Waals surface area (Å²) < 4.78 is 0.884. The maximum Gasteiger partial charge on any atom is 0.191 e. The second-order valence-corrected chi connectivity index (χ2v) is 2.98. The van der Waals surface area contributed by atoms with Crippen molar-refractivity contribution in [2.75, 3.05) is 5.73 Å². The first kappa shape index (κ1) is 5.55. The average molecular weight is 155 g/mol. The summed E-state index contributed by atoms with van der Waals surface area (Å²) in [5.41, 5.74) is 6.04. The van der Waals surface area contributed by atoms with E-state index in [1.807, 2.05) is 0 Å². The van der Waals surface area contributed by atoms with Crippen molar-refractivity contribution in [2.45, 2.75) is 0 Å². The Balaban J connectivity index is 2.83. The van der Waals surface area contributed by atoms with E-state index in [1.165, 1.54) is 11.3 Å². The van der Waals surface area contributed by atoms with Crippen LogP contribution in [0.2, 0.25) is 0 Å². The molecule has 2 rings (SSSR count). The largest absolute Gasteiger partial charge is 0.495 e. The number of nitrogens with zero attached hydrogens (tertiary/aromatic N) is 1. The lowest BCUT2D eigenvalue weighted by Gasteiger charge is -1.77. The molecule has 0 saturated heterocycles. The number of aromatic nitrogens is 2. The van der Waals surface area contributed by atoms with Crippen LogP contribution in [-0.2, 0) is 0 Å². The van der Waals surface area contributed by atoms with Gasteiger partial charge in [0.1, 0.15) is 0 Å². The molecule has 0 bridgehead atoms. The van der Waals surface area contributed by atoms with Gasteiger partial charge in [-0.3, -0.25) is 0 Å². The molecule has 0 aliphatic carbocycles. The zero-order valence-electron chi connectivity index (χ0n) is 4.96. The topological polar surface area (TPSA) is 74.9 Å². The van der Waals surface area contributed by atoms with Crippen molar-refractivity contribution >= 4 is 26.8 Å². The highest BCUT2D eigenvalue weighted by Crippen LogP contribution is 2.26. The lowest BCUT2D eigenvalue weighted by atomic mass is 10.6. The second-order valence-electron chi connectivity index (χ2n) is 1.92. The summed E-state index contributed by atoms with van der Waals surface area (Å²) in [6.45, 7) is 0. The molecule has 0 aromatic carbocycles. The van der Waals surface area contributed by atoms with Crippen molar-refractivity contribution in [3.05, 3.63) is 6.07 Å². The first-order valence-electron chi connectivity index (χ1n) is 2.70. The molecule has 0 fully saturated rings. The number of nitrogens with one attached hydrogen (secondary N) is 1. The third-order valence-corrected chi connectivity index (χ3v) is 2.02. The minimum atomic E-state index is 0.133. The fourth-order valence-electron chi connectivity index (χ4n) is 0.818. The highest BCUT2D eigenvalue weighted by atomic mass is 32.1. The normalized spacial score (nSPS) is 10.8. The van der Waals surface area contributed by atoms with Gasteiger partial charge in [-0.1, -0.05) is 11.3 Å². The van der Waals surface area contributed by atoms with Gasteiger partial charge in [0.25, 0.3) is 0 Å². The van der Waals surface area contributed by atoms with Gasteiger partial charge in [0, 0.05) is 6.07 Å². The van der Waals surface area contributed by atoms with Gasteiger partial charge < -0.3 is 15.8 Å². The van der Waals surface area contributed by atoms with Crippen LogP contribution in [0.15, 0.2) is 6.07 Å². The molecule has 0 aliphatic rings. The van der Waals surface area contributed by atoms with Crippen LogP contribution in [0, 0.1) is 0 Å². The van der Waals surface area contributed by atoms with Crippen LogP contribution in [0.3, 0.4) is 0 Å². The van der Waals surface area contributed by atoms with Gasteiger partial charge in [-0.25, -0.2) is 4.98 Å². The molecule has 4 N–H and O–H groups in total. The molecule has 52 valence electrons. The lowest BCUT2D eigenvalue weighted by Crippen LogP contribution is -1.79. The highest BCUT2D eigenvalue weighted by molar-refractivity contribution is 7.22. The van der Waals surface area contributed by atoms with E-state index >= 15 is 0 Å². The summed E-state index contributed by atoms with van der Waals surface area (Å²) in [5, 5.41) is 9.42. The van der Waals surface area contributed by atoms with Crippen LogP contribution >= 0.6 is 11.3 Å². The lowest BCUT2D eigenvalue weighted by molar-refractivity contribution is 0.458. The van der Waals surface area contributed by atoms with Crippen molar-refractivity contribution in [3.63, 3.8) is 0 Å². The molecule has 5 heteroatoms. The van der Waals surface area contributed by atoms with Gasteiger partial charge in [-0.05, 0) is 0 Å². The van der Waals surface area contributed by atoms with E-state index < -0.39 is 0 Å². The van der Waals surface area contributed by atoms with Gasteiger partial charge in [0.05, 0.1) is 4.70 Å². The number of hydrogen-bond acceptors (Lipinski definition) is 4. The van der Waals surface area contributed by atoms with Gasteiger partial charge in [0.2, 0.25) is 0 Å². The Morgan fingerprint density at radius 1 is 1.70 bits per heavy atom. The third-order valence-electron chi connectivity index (χ3n) is 1.18. The van der Waals surface area contributed by atoms with Crippen LogP contribution in [0.25, 0.3) is 10.3 Å². The SMILES string of the molecule is Nc1nc2[nH]c(O)cc2s1. The van der Waals surface area contributed by atoms with Gasteiger partial charge in [-0.15, -0.1) is 0 Å². The Labute approximate surface area is 60.3 Å².